The Morgan fingerprint density at radius 2 is 1.94 bits per heavy atom. The average molecular weight is 229 g/mol. The molecule has 5 nitrogen and oxygen atoms in total. The zero-order valence-electron chi connectivity index (χ0n) is 8.23. The maximum Gasteiger partial charge on any atom is 0.387 e. The number of nitrogens with two attached hydrogens (primary N) is 2. The van der Waals surface area contributed by atoms with Crippen LogP contribution in [0.2, 0.25) is 0 Å². The molecule has 86 valence electrons. The predicted molar refractivity (Wildman–Crippen MR) is 55.0 cm³/mol. The Morgan fingerprint density at radius 1 is 1.31 bits per heavy atom. The lowest BCUT2D eigenvalue weighted by atomic mass is 10.2. The van der Waals surface area contributed by atoms with Gasteiger partial charge in [-0.3, -0.25) is 0 Å². The number of halogens is 2. The van der Waals surface area contributed by atoms with E-state index in [-0.39, 0.29) is 11.7 Å². The lowest BCUT2D eigenvalue weighted by Gasteiger charge is -2.02. The van der Waals surface area contributed by atoms with E-state index in [1.54, 1.807) is 12.1 Å². The summed E-state index contributed by atoms with van der Waals surface area (Å²) in [5.41, 5.74) is 10.9. The number of hydrogen-bond donors (Lipinski definition) is 3. The molecule has 0 bridgehead atoms. The fourth-order valence-electron chi connectivity index (χ4n) is 0.927. The number of rotatable bonds is 4. The highest BCUT2D eigenvalue weighted by Crippen LogP contribution is 2.13. The molecular formula is C9H11F2N4O+. The minimum absolute atomic E-state index is 0.0917. The van der Waals surface area contributed by atoms with Crippen molar-refractivity contribution in [2.24, 2.45) is 16.6 Å². The van der Waals surface area contributed by atoms with Gasteiger partial charge in [0.2, 0.25) is 6.21 Å². The maximum atomic E-state index is 11.8. The van der Waals surface area contributed by atoms with E-state index in [1.165, 1.54) is 18.3 Å². The van der Waals surface area contributed by atoms with Gasteiger partial charge in [0.25, 0.3) is 5.96 Å². The number of nitrogens with zero attached hydrogens (tertiary/aromatic N) is 1. The van der Waals surface area contributed by atoms with Gasteiger partial charge in [-0.15, -0.1) is 5.10 Å². The minimum Gasteiger partial charge on any atom is -0.435 e. The molecule has 0 amide bonds. The summed E-state index contributed by atoms with van der Waals surface area (Å²) in [4.78, 5) is 0. The first-order chi connectivity index (χ1) is 7.58. The first-order valence-electron chi connectivity index (χ1n) is 4.30. The minimum atomic E-state index is -2.82. The normalized spacial score (nSPS) is 10.7. The Morgan fingerprint density at radius 3 is 2.44 bits per heavy atom. The molecule has 0 aliphatic carbocycles. The molecule has 5 N–H and O–H groups in total. The highest BCUT2D eigenvalue weighted by atomic mass is 19.3. The lowest BCUT2D eigenvalue weighted by molar-refractivity contribution is -0.456. The summed E-state index contributed by atoms with van der Waals surface area (Å²) in [5, 5.41) is 5.99. The van der Waals surface area contributed by atoms with E-state index >= 15 is 0 Å². The van der Waals surface area contributed by atoms with Crippen LogP contribution in [0.25, 0.3) is 0 Å². The number of hydrazone groups is 1. The third kappa shape index (κ3) is 4.36. The van der Waals surface area contributed by atoms with E-state index < -0.39 is 6.61 Å². The van der Waals surface area contributed by atoms with E-state index in [0.717, 1.165) is 0 Å². The molecule has 0 aliphatic heterocycles. The van der Waals surface area contributed by atoms with Crippen LogP contribution in [0.1, 0.15) is 5.56 Å². The van der Waals surface area contributed by atoms with Gasteiger partial charge < -0.3 is 16.2 Å². The van der Waals surface area contributed by atoms with Gasteiger partial charge >= 0.3 is 6.61 Å². The summed E-state index contributed by atoms with van der Waals surface area (Å²) in [6, 6.07) is 5.98. The summed E-state index contributed by atoms with van der Waals surface area (Å²) in [7, 11) is 0. The van der Waals surface area contributed by atoms with Gasteiger partial charge in [-0.1, -0.05) is 0 Å². The standard InChI is InChI=1S/C9H10F2N4O/c10-8(11)16-7-3-1-6(2-4-7)5-14-15-9(12)13/h1-5,8H,(H4,12,13,15)/p+1/b14-5+. The fraction of sp³-hybridized carbons (Fsp3) is 0.111. The van der Waals surface area contributed by atoms with Crippen LogP contribution in [0.3, 0.4) is 0 Å². The number of guanidine groups is 1. The van der Waals surface area contributed by atoms with Crippen molar-refractivity contribution in [2.75, 3.05) is 0 Å². The quantitative estimate of drug-likeness (QED) is 0.350. The molecule has 1 rings (SSSR count). The van der Waals surface area contributed by atoms with Gasteiger partial charge in [0, 0.05) is 10.7 Å². The van der Waals surface area contributed by atoms with Crippen molar-refractivity contribution in [2.45, 2.75) is 6.61 Å². The fourth-order valence-corrected chi connectivity index (χ4v) is 0.927. The maximum absolute atomic E-state index is 11.8. The smallest absolute Gasteiger partial charge is 0.387 e. The molecule has 1 aromatic carbocycles. The molecule has 7 heteroatoms. The Labute approximate surface area is 90.4 Å². The summed E-state index contributed by atoms with van der Waals surface area (Å²) >= 11 is 0. The average Bonchev–Trinajstić information content (AvgIpc) is 2.19. The zero-order chi connectivity index (χ0) is 12.0. The molecule has 16 heavy (non-hydrogen) atoms. The van der Waals surface area contributed by atoms with Crippen LogP contribution >= 0.6 is 0 Å². The van der Waals surface area contributed by atoms with E-state index in [4.69, 9.17) is 11.5 Å². The van der Waals surface area contributed by atoms with Crippen molar-refractivity contribution >= 4 is 12.2 Å². The topological polar surface area (TPSA) is 87.6 Å². The molecule has 1 aromatic rings. The predicted octanol–water partition coefficient (Wildman–Crippen LogP) is -1.02. The number of hydrogen-bond acceptors (Lipinski definition) is 2. The van der Waals surface area contributed by atoms with E-state index in [2.05, 4.69) is 14.9 Å². The Bertz CT molecular complexity index is 385. The van der Waals surface area contributed by atoms with Gasteiger partial charge in [-0.2, -0.15) is 8.78 Å². The first-order valence-corrected chi connectivity index (χ1v) is 4.30. The van der Waals surface area contributed by atoms with Crippen LogP contribution in [-0.4, -0.2) is 18.8 Å². The Balaban J connectivity index is 2.64. The van der Waals surface area contributed by atoms with Gasteiger partial charge in [0.15, 0.2) is 0 Å². The molecule has 0 fully saturated rings. The molecule has 0 heterocycles. The van der Waals surface area contributed by atoms with Crippen molar-refractivity contribution in [3.8, 4) is 5.75 Å². The molecule has 0 radical (unpaired) electrons. The Hall–Kier alpha value is -2.18. The van der Waals surface area contributed by atoms with Crippen LogP contribution in [0, 0.1) is 0 Å². The number of alkyl halides is 2. The lowest BCUT2D eigenvalue weighted by Crippen LogP contribution is -2.63. The van der Waals surface area contributed by atoms with E-state index in [0.29, 0.717) is 5.56 Å². The second-order valence-electron chi connectivity index (χ2n) is 2.76. The third-order valence-corrected chi connectivity index (χ3v) is 1.53. The molecule has 0 aliphatic rings. The molecular weight excluding hydrogens is 218 g/mol. The molecule has 0 spiro atoms. The Kier molecular flexibility index (Phi) is 4.19. The largest absolute Gasteiger partial charge is 0.435 e. The number of ether oxygens (including phenoxy) is 1. The van der Waals surface area contributed by atoms with Gasteiger partial charge in [-0.05, 0) is 24.3 Å². The zero-order valence-corrected chi connectivity index (χ0v) is 8.23. The monoisotopic (exact) mass is 229 g/mol. The molecule has 0 unspecified atom stereocenters. The molecule has 0 atom stereocenters. The summed E-state index contributed by atoms with van der Waals surface area (Å²) in [5.74, 6) is -0.0112. The summed E-state index contributed by atoms with van der Waals surface area (Å²) in [6.45, 7) is -2.82. The second-order valence-corrected chi connectivity index (χ2v) is 2.76. The highest BCUT2D eigenvalue weighted by Gasteiger charge is 2.03. The van der Waals surface area contributed by atoms with Crippen molar-refractivity contribution < 1.29 is 18.6 Å². The van der Waals surface area contributed by atoms with Crippen molar-refractivity contribution in [3.63, 3.8) is 0 Å². The number of benzene rings is 1. The van der Waals surface area contributed by atoms with Gasteiger partial charge in [-0.25, -0.2) is 0 Å². The summed E-state index contributed by atoms with van der Waals surface area (Å²) in [6.07, 6.45) is 1.51. The van der Waals surface area contributed by atoms with Crippen LogP contribution in [0.5, 0.6) is 5.75 Å². The SMILES string of the molecule is NC(N)=N/[NH+]=C/c1ccc(OC(F)F)cc1. The van der Waals surface area contributed by atoms with Crippen molar-refractivity contribution in [1.29, 1.82) is 0 Å². The number of nitrogens with one attached hydrogen (secondary N) is 1. The first kappa shape index (κ1) is 11.9. The van der Waals surface area contributed by atoms with E-state index in [9.17, 15) is 8.78 Å². The van der Waals surface area contributed by atoms with Crippen molar-refractivity contribution in [3.05, 3.63) is 29.8 Å². The molecule has 0 saturated carbocycles. The van der Waals surface area contributed by atoms with Crippen LogP contribution in [0.15, 0.2) is 29.4 Å². The molecule has 0 saturated heterocycles. The van der Waals surface area contributed by atoms with Crippen LogP contribution in [-0.2, 0) is 0 Å². The van der Waals surface area contributed by atoms with Crippen LogP contribution < -0.4 is 21.3 Å². The van der Waals surface area contributed by atoms with E-state index in [1.807, 2.05) is 0 Å². The van der Waals surface area contributed by atoms with Crippen LogP contribution in [0.4, 0.5) is 8.78 Å². The van der Waals surface area contributed by atoms with Gasteiger partial charge in [0.05, 0.1) is 0 Å². The highest BCUT2D eigenvalue weighted by molar-refractivity contribution is 5.77. The third-order valence-electron chi connectivity index (χ3n) is 1.53. The second kappa shape index (κ2) is 5.64. The molecule has 0 aromatic heterocycles. The summed E-state index contributed by atoms with van der Waals surface area (Å²) < 4.78 is 27.8. The van der Waals surface area contributed by atoms with Crippen molar-refractivity contribution in [1.82, 2.24) is 0 Å². The van der Waals surface area contributed by atoms with Gasteiger partial charge in [0.1, 0.15) is 5.75 Å².